The molecule has 0 radical (unpaired) electrons. The second-order valence-corrected chi connectivity index (χ2v) is 20.2. The van der Waals surface area contributed by atoms with Gasteiger partial charge in [-0.2, -0.15) is 0 Å². The van der Waals surface area contributed by atoms with Crippen molar-refractivity contribution in [1.82, 2.24) is 4.00 Å². The normalized spacial score (nSPS) is 16.5. The number of nitrogens with zero attached hydrogens (tertiary/aromatic N) is 1. The molecule has 1 nitrogen and oxygen atoms in total. The summed E-state index contributed by atoms with van der Waals surface area (Å²) in [5.41, 5.74) is 0. The summed E-state index contributed by atoms with van der Waals surface area (Å²) < 4.78 is 2.01. The molecule has 0 aromatic heterocycles. The van der Waals surface area contributed by atoms with Gasteiger partial charge in [-0.15, -0.1) is 0 Å². The minimum absolute atomic E-state index is 0.454. The van der Waals surface area contributed by atoms with Gasteiger partial charge in [0.15, 0.2) is 4.58 Å². The van der Waals surface area contributed by atoms with Gasteiger partial charge < -0.3 is 4.00 Å². The summed E-state index contributed by atoms with van der Waals surface area (Å²) in [5.74, 6) is 0. The van der Waals surface area contributed by atoms with E-state index in [0.29, 0.717) is 0 Å². The molecule has 0 fully saturated rings. The molecule has 1 atom stereocenters. The number of hydrogen-bond acceptors (Lipinski definition) is 1. The summed E-state index contributed by atoms with van der Waals surface area (Å²) in [6.07, 6.45) is 0. The second kappa shape index (κ2) is 5.35. The monoisotopic (exact) mass is 309 g/mol. The first-order chi connectivity index (χ1) is 5.98. The minimum atomic E-state index is -1.42. The third kappa shape index (κ3) is 4.69. The molecule has 0 saturated heterocycles. The summed E-state index contributed by atoms with van der Waals surface area (Å²) in [6, 6.07) is 0. The van der Waals surface area contributed by atoms with Crippen molar-refractivity contribution in [1.29, 1.82) is 0 Å². The molecule has 14 heavy (non-hydrogen) atoms. The van der Waals surface area contributed by atoms with E-state index in [-0.39, 0.29) is 0 Å². The fourth-order valence-corrected chi connectivity index (χ4v) is 20.7. The first-order valence-electron chi connectivity index (χ1n) is 4.51. The molecule has 0 saturated carbocycles. The Morgan fingerprint density at radius 1 is 0.929 bits per heavy atom. The number of rotatable bonds is 4. The molecule has 0 aromatic carbocycles. The topological polar surface area (TPSA) is 3.24 Å². The van der Waals surface area contributed by atoms with Crippen molar-refractivity contribution >= 4 is 58.3 Å². The smallest absolute Gasteiger partial charge is 0.153 e. The maximum atomic E-state index is 6.35. The van der Waals surface area contributed by atoms with Crippen LogP contribution in [0, 0.1) is 0 Å². The van der Waals surface area contributed by atoms with Crippen LogP contribution in [0.3, 0.4) is 0 Å². The summed E-state index contributed by atoms with van der Waals surface area (Å²) in [4.78, 5) is 0. The Kier molecular flexibility index (Phi) is 6.00. The Morgan fingerprint density at radius 2 is 1.21 bits per heavy atom. The zero-order chi connectivity index (χ0) is 11.7. The van der Waals surface area contributed by atoms with Gasteiger partial charge in [0.05, 0.1) is 7.43 Å². The summed E-state index contributed by atoms with van der Waals surface area (Å²) in [6.45, 7) is 13.7. The Labute approximate surface area is 106 Å². The average molecular weight is 311 g/mol. The van der Waals surface area contributed by atoms with Crippen molar-refractivity contribution in [2.75, 3.05) is 0 Å². The molecular formula is C7H19Cl3NPSi2. The van der Waals surface area contributed by atoms with Crippen LogP contribution in [0.5, 0.6) is 0 Å². The minimum Gasteiger partial charge on any atom is -0.310 e. The average Bonchev–Trinajstić information content (AvgIpc) is 1.79. The fourth-order valence-electron chi connectivity index (χ4n) is 1.67. The predicted octanol–water partition coefficient (Wildman–Crippen LogP) is 5.27. The van der Waals surface area contributed by atoms with Crippen molar-refractivity contribution in [3.8, 4) is 0 Å². The zero-order valence-corrected chi connectivity index (χ0v) is 14.8. The van der Waals surface area contributed by atoms with Gasteiger partial charge >= 0.3 is 0 Å². The van der Waals surface area contributed by atoms with Crippen LogP contribution in [0.25, 0.3) is 0 Å². The van der Waals surface area contributed by atoms with E-state index in [1.807, 2.05) is 0 Å². The van der Waals surface area contributed by atoms with Crippen LogP contribution < -0.4 is 0 Å². The van der Waals surface area contributed by atoms with Gasteiger partial charge in [0.1, 0.15) is 16.5 Å². The van der Waals surface area contributed by atoms with E-state index in [1.54, 1.807) is 0 Å². The van der Waals surface area contributed by atoms with Gasteiger partial charge in [-0.3, -0.25) is 0 Å². The van der Waals surface area contributed by atoms with Crippen molar-refractivity contribution in [3.63, 3.8) is 0 Å². The van der Waals surface area contributed by atoms with Crippen LogP contribution in [0.2, 0.25) is 39.3 Å². The van der Waals surface area contributed by atoms with E-state index >= 15 is 0 Å². The van der Waals surface area contributed by atoms with E-state index in [4.69, 9.17) is 34.4 Å². The van der Waals surface area contributed by atoms with Crippen LogP contribution in [-0.4, -0.2) is 25.0 Å². The predicted molar refractivity (Wildman–Crippen MR) is 76.8 cm³/mol. The van der Waals surface area contributed by atoms with Gasteiger partial charge in [-0.05, 0) is 0 Å². The van der Waals surface area contributed by atoms with Gasteiger partial charge in [0.25, 0.3) is 0 Å². The molecule has 0 bridgehead atoms. The van der Waals surface area contributed by atoms with Crippen LogP contribution in [0.1, 0.15) is 0 Å². The third-order valence-corrected chi connectivity index (χ3v) is 17.3. The lowest BCUT2D eigenvalue weighted by molar-refractivity contribution is 0.980. The molecular weight excluding hydrogens is 292 g/mol. The molecule has 0 aliphatic heterocycles. The lowest BCUT2D eigenvalue weighted by Crippen LogP contribution is -2.55. The van der Waals surface area contributed by atoms with E-state index < -0.39 is 28.5 Å². The summed E-state index contributed by atoms with van der Waals surface area (Å²) >= 11 is 18.1. The maximum Gasteiger partial charge on any atom is 0.153 e. The van der Waals surface area contributed by atoms with E-state index in [1.165, 1.54) is 0 Å². The molecule has 0 N–H and O–H groups in total. The first kappa shape index (κ1) is 15.7. The SMILES string of the molecule is C[Si](C)(C)N(P(Cl)C(Cl)Cl)[Si](C)(C)C. The maximum absolute atomic E-state index is 6.35. The summed E-state index contributed by atoms with van der Waals surface area (Å²) in [5, 5.41) is 0. The molecule has 0 aliphatic carbocycles. The largest absolute Gasteiger partial charge is 0.310 e. The van der Waals surface area contributed by atoms with Crippen molar-refractivity contribution in [2.45, 2.75) is 43.9 Å². The molecule has 0 heterocycles. The van der Waals surface area contributed by atoms with Crippen LogP contribution >= 0.6 is 41.9 Å². The Balaban J connectivity index is 4.94. The molecule has 1 unspecified atom stereocenters. The van der Waals surface area contributed by atoms with E-state index in [2.05, 4.69) is 43.3 Å². The Hall–Kier alpha value is 1.69. The highest BCUT2D eigenvalue weighted by molar-refractivity contribution is 7.87. The number of alkyl halides is 2. The highest BCUT2D eigenvalue weighted by Crippen LogP contribution is 2.58. The highest BCUT2D eigenvalue weighted by atomic mass is 35.7. The van der Waals surface area contributed by atoms with Crippen molar-refractivity contribution < 1.29 is 0 Å². The third-order valence-electron chi connectivity index (χ3n) is 1.62. The molecule has 7 heteroatoms. The zero-order valence-electron chi connectivity index (χ0n) is 9.61. The first-order valence-corrected chi connectivity index (χ1v) is 14.5. The molecule has 0 rings (SSSR count). The number of hydrogen-bond donors (Lipinski definition) is 0. The van der Waals surface area contributed by atoms with Crippen molar-refractivity contribution in [2.24, 2.45) is 0 Å². The van der Waals surface area contributed by atoms with Crippen LogP contribution in [0.15, 0.2) is 0 Å². The lowest BCUT2D eigenvalue weighted by Gasteiger charge is -2.46. The quantitative estimate of drug-likeness (QED) is 0.388. The van der Waals surface area contributed by atoms with Gasteiger partial charge in [0.2, 0.25) is 0 Å². The van der Waals surface area contributed by atoms with Crippen molar-refractivity contribution in [3.05, 3.63) is 0 Å². The van der Waals surface area contributed by atoms with Gasteiger partial charge in [-0.25, -0.2) is 0 Å². The summed E-state index contributed by atoms with van der Waals surface area (Å²) in [7, 11) is -3.77. The lowest BCUT2D eigenvalue weighted by atomic mass is 11.8. The van der Waals surface area contributed by atoms with Crippen LogP contribution in [0.4, 0.5) is 0 Å². The standard InChI is InChI=1S/C7H19Cl3NPSi2/c1-13(2,3)11(14(4,5)6)12(10)7(8)9/h7H,1-6H3. The highest BCUT2D eigenvalue weighted by Gasteiger charge is 2.41. The van der Waals surface area contributed by atoms with E-state index in [0.717, 1.165) is 0 Å². The molecule has 0 aliphatic rings. The molecule has 0 aromatic rings. The van der Waals surface area contributed by atoms with E-state index in [9.17, 15) is 0 Å². The number of halogens is 3. The second-order valence-electron chi connectivity index (χ2n) is 5.22. The Morgan fingerprint density at radius 3 is 1.29 bits per heavy atom. The molecule has 86 valence electrons. The van der Waals surface area contributed by atoms with Gasteiger partial charge in [-0.1, -0.05) is 73.7 Å². The molecule has 0 spiro atoms. The molecule has 0 amide bonds. The van der Waals surface area contributed by atoms with Crippen LogP contribution in [-0.2, 0) is 0 Å². The van der Waals surface area contributed by atoms with Gasteiger partial charge in [0, 0.05) is 0 Å². The fraction of sp³-hybridized carbons (Fsp3) is 1.00. The Bertz CT molecular complexity index is 176.